The lowest BCUT2D eigenvalue weighted by Crippen LogP contribution is -2.06. The van der Waals surface area contributed by atoms with Crippen LogP contribution < -0.4 is 5.32 Å². The summed E-state index contributed by atoms with van der Waals surface area (Å²) in [5.74, 6) is 0.842. The fourth-order valence-corrected chi connectivity index (χ4v) is 1.56. The number of hydrogen-bond donors (Lipinski definition) is 1. The Hall–Kier alpha value is -1.91. The Morgan fingerprint density at radius 3 is 2.33 bits per heavy atom. The molecule has 1 aromatic carbocycles. The maximum atomic E-state index is 12.3. The normalized spacial score (nSPS) is 11.5. The molecule has 0 aliphatic heterocycles. The first-order chi connectivity index (χ1) is 8.55. The summed E-state index contributed by atoms with van der Waals surface area (Å²) in [5.41, 5.74) is 0.0219. The third-order valence-corrected chi connectivity index (χ3v) is 2.49. The van der Waals surface area contributed by atoms with Crippen LogP contribution in [-0.2, 0) is 12.6 Å². The van der Waals surface area contributed by atoms with E-state index in [0.717, 1.165) is 17.9 Å². The molecule has 0 fully saturated rings. The van der Waals surface area contributed by atoms with Crippen LogP contribution >= 0.6 is 0 Å². The second-order valence-corrected chi connectivity index (χ2v) is 3.83. The van der Waals surface area contributed by atoms with Crippen molar-refractivity contribution < 1.29 is 17.6 Å². The van der Waals surface area contributed by atoms with Gasteiger partial charge in [-0.1, -0.05) is 0 Å². The molecule has 5 heteroatoms. The zero-order chi connectivity index (χ0) is 13.0. The molecular formula is C13H12F3NO. The van der Waals surface area contributed by atoms with Crippen molar-refractivity contribution in [2.45, 2.75) is 12.6 Å². The minimum atomic E-state index is -4.29. The monoisotopic (exact) mass is 255 g/mol. The molecule has 2 rings (SSSR count). The van der Waals surface area contributed by atoms with Crippen molar-refractivity contribution in [2.75, 3.05) is 11.9 Å². The molecule has 0 saturated carbocycles. The van der Waals surface area contributed by atoms with E-state index in [1.807, 2.05) is 6.07 Å². The van der Waals surface area contributed by atoms with E-state index in [9.17, 15) is 13.2 Å². The van der Waals surface area contributed by atoms with Crippen molar-refractivity contribution in [1.29, 1.82) is 0 Å². The van der Waals surface area contributed by atoms with Gasteiger partial charge in [0.2, 0.25) is 0 Å². The first-order valence-corrected chi connectivity index (χ1v) is 5.49. The van der Waals surface area contributed by atoms with Gasteiger partial charge in [0.25, 0.3) is 0 Å². The van der Waals surface area contributed by atoms with Crippen LogP contribution in [0, 0.1) is 0 Å². The Bertz CT molecular complexity index is 474. The number of halogens is 3. The van der Waals surface area contributed by atoms with Gasteiger partial charge < -0.3 is 9.73 Å². The molecule has 2 aromatic rings. The number of nitrogens with one attached hydrogen (secondary N) is 1. The van der Waals surface area contributed by atoms with Crippen LogP contribution in [-0.4, -0.2) is 6.54 Å². The summed E-state index contributed by atoms with van der Waals surface area (Å²) in [4.78, 5) is 0. The lowest BCUT2D eigenvalue weighted by atomic mass is 10.2. The van der Waals surface area contributed by atoms with Gasteiger partial charge in [-0.3, -0.25) is 0 Å². The molecule has 0 radical (unpaired) electrons. The molecule has 0 atom stereocenters. The Balaban J connectivity index is 1.87. The molecule has 96 valence electrons. The third-order valence-electron chi connectivity index (χ3n) is 2.49. The minimum Gasteiger partial charge on any atom is -0.469 e. The van der Waals surface area contributed by atoms with Crippen LogP contribution in [0.3, 0.4) is 0 Å². The van der Waals surface area contributed by atoms with Gasteiger partial charge in [-0.25, -0.2) is 0 Å². The van der Waals surface area contributed by atoms with Crippen molar-refractivity contribution >= 4 is 5.69 Å². The number of anilines is 1. The molecule has 0 aliphatic carbocycles. The van der Waals surface area contributed by atoms with Crippen LogP contribution in [0.1, 0.15) is 11.3 Å². The van der Waals surface area contributed by atoms with Crippen molar-refractivity contribution in [1.82, 2.24) is 0 Å². The second kappa shape index (κ2) is 5.16. The molecule has 2 nitrogen and oxygen atoms in total. The van der Waals surface area contributed by atoms with E-state index in [-0.39, 0.29) is 0 Å². The van der Waals surface area contributed by atoms with E-state index in [2.05, 4.69) is 5.32 Å². The summed E-state index contributed by atoms with van der Waals surface area (Å²) in [7, 11) is 0. The number of furan rings is 1. The summed E-state index contributed by atoms with van der Waals surface area (Å²) in [6.07, 6.45) is -2.01. The van der Waals surface area contributed by atoms with Gasteiger partial charge >= 0.3 is 6.18 Å². The average molecular weight is 255 g/mol. The number of rotatable bonds is 4. The predicted molar refractivity (Wildman–Crippen MR) is 62.3 cm³/mol. The SMILES string of the molecule is FC(F)(F)c1ccc(NCCc2ccco2)cc1. The molecule has 18 heavy (non-hydrogen) atoms. The summed E-state index contributed by atoms with van der Waals surface area (Å²) in [5, 5.41) is 3.03. The fraction of sp³-hybridized carbons (Fsp3) is 0.231. The summed E-state index contributed by atoms with van der Waals surface area (Å²) < 4.78 is 42.1. The van der Waals surface area contributed by atoms with Gasteiger partial charge in [-0.05, 0) is 36.4 Å². The molecule has 0 spiro atoms. The summed E-state index contributed by atoms with van der Waals surface area (Å²) >= 11 is 0. The molecule has 0 amide bonds. The molecule has 1 aromatic heterocycles. The maximum absolute atomic E-state index is 12.3. The Labute approximate surface area is 102 Å². The standard InChI is InChI=1S/C13H12F3NO/c14-13(15,16)10-3-5-11(6-4-10)17-8-7-12-2-1-9-18-12/h1-6,9,17H,7-8H2. The Morgan fingerprint density at radius 1 is 1.06 bits per heavy atom. The van der Waals surface area contributed by atoms with Crippen LogP contribution in [0.25, 0.3) is 0 Å². The van der Waals surface area contributed by atoms with Crippen molar-refractivity contribution in [3.8, 4) is 0 Å². The lowest BCUT2D eigenvalue weighted by Gasteiger charge is -2.09. The van der Waals surface area contributed by atoms with Gasteiger partial charge in [0.1, 0.15) is 5.76 Å². The van der Waals surface area contributed by atoms with E-state index in [1.54, 1.807) is 12.3 Å². The molecule has 0 aliphatic rings. The number of hydrogen-bond acceptors (Lipinski definition) is 2. The smallest absolute Gasteiger partial charge is 0.416 e. The summed E-state index contributed by atoms with van der Waals surface area (Å²) in [6.45, 7) is 0.610. The van der Waals surface area contributed by atoms with E-state index in [4.69, 9.17) is 4.42 Å². The predicted octanol–water partition coefficient (Wildman–Crippen LogP) is 3.95. The lowest BCUT2D eigenvalue weighted by molar-refractivity contribution is -0.137. The quantitative estimate of drug-likeness (QED) is 0.894. The van der Waals surface area contributed by atoms with Crippen LogP contribution in [0.5, 0.6) is 0 Å². The Morgan fingerprint density at radius 2 is 1.78 bits per heavy atom. The fourth-order valence-electron chi connectivity index (χ4n) is 1.56. The van der Waals surface area contributed by atoms with E-state index < -0.39 is 11.7 Å². The molecular weight excluding hydrogens is 243 g/mol. The molecule has 0 unspecified atom stereocenters. The highest BCUT2D eigenvalue weighted by atomic mass is 19.4. The largest absolute Gasteiger partial charge is 0.469 e. The minimum absolute atomic E-state index is 0.610. The van der Waals surface area contributed by atoms with Crippen LogP contribution in [0.4, 0.5) is 18.9 Å². The average Bonchev–Trinajstić information content (AvgIpc) is 2.82. The van der Waals surface area contributed by atoms with Crippen molar-refractivity contribution in [2.24, 2.45) is 0 Å². The van der Waals surface area contributed by atoms with E-state index in [0.29, 0.717) is 18.7 Å². The number of alkyl halides is 3. The zero-order valence-corrected chi connectivity index (χ0v) is 9.50. The van der Waals surface area contributed by atoms with Gasteiger partial charge in [0, 0.05) is 18.7 Å². The number of benzene rings is 1. The van der Waals surface area contributed by atoms with Gasteiger partial charge in [0.15, 0.2) is 0 Å². The first kappa shape index (κ1) is 12.5. The Kier molecular flexibility index (Phi) is 3.60. The van der Waals surface area contributed by atoms with Crippen molar-refractivity contribution in [3.05, 3.63) is 54.0 Å². The maximum Gasteiger partial charge on any atom is 0.416 e. The molecule has 1 heterocycles. The highest BCUT2D eigenvalue weighted by molar-refractivity contribution is 5.45. The molecule has 1 N–H and O–H groups in total. The first-order valence-electron chi connectivity index (χ1n) is 5.49. The third kappa shape index (κ3) is 3.29. The van der Waals surface area contributed by atoms with Crippen LogP contribution in [0.15, 0.2) is 47.1 Å². The van der Waals surface area contributed by atoms with Crippen molar-refractivity contribution in [3.63, 3.8) is 0 Å². The molecule has 0 bridgehead atoms. The molecule has 0 saturated heterocycles. The summed E-state index contributed by atoms with van der Waals surface area (Å²) in [6, 6.07) is 8.63. The van der Waals surface area contributed by atoms with Gasteiger partial charge in [0.05, 0.1) is 11.8 Å². The van der Waals surface area contributed by atoms with Gasteiger partial charge in [-0.15, -0.1) is 0 Å². The van der Waals surface area contributed by atoms with E-state index in [1.165, 1.54) is 12.1 Å². The van der Waals surface area contributed by atoms with Crippen LogP contribution in [0.2, 0.25) is 0 Å². The second-order valence-electron chi connectivity index (χ2n) is 3.83. The zero-order valence-electron chi connectivity index (χ0n) is 9.50. The van der Waals surface area contributed by atoms with Gasteiger partial charge in [-0.2, -0.15) is 13.2 Å². The topological polar surface area (TPSA) is 25.2 Å². The highest BCUT2D eigenvalue weighted by Gasteiger charge is 2.29. The van der Waals surface area contributed by atoms with E-state index >= 15 is 0 Å². The highest BCUT2D eigenvalue weighted by Crippen LogP contribution is 2.29.